The molecule has 2 aromatic carbocycles. The molecule has 180 valence electrons. The molecule has 2 aliphatic rings. The average molecular weight is 462 g/mol. The molecule has 2 heterocycles. The van der Waals surface area contributed by atoms with Crippen molar-refractivity contribution in [2.75, 3.05) is 36.5 Å². The molecule has 6 heteroatoms. The predicted molar refractivity (Wildman–Crippen MR) is 137 cm³/mol. The molecule has 0 spiro atoms. The summed E-state index contributed by atoms with van der Waals surface area (Å²) in [4.78, 5) is 30.4. The molecule has 0 unspecified atom stereocenters. The third-order valence-corrected chi connectivity index (χ3v) is 6.34. The lowest BCUT2D eigenvalue weighted by molar-refractivity contribution is -0.137. The maximum atomic E-state index is 13.4. The molecule has 0 aliphatic carbocycles. The lowest BCUT2D eigenvalue weighted by Gasteiger charge is -2.28. The molecule has 2 aromatic rings. The van der Waals surface area contributed by atoms with E-state index in [4.69, 9.17) is 4.74 Å². The molecule has 1 N–H and O–H groups in total. The largest absolute Gasteiger partial charge is 0.379 e. The van der Waals surface area contributed by atoms with Crippen molar-refractivity contribution in [2.24, 2.45) is 0 Å². The first-order valence-electron chi connectivity index (χ1n) is 12.3. The highest BCUT2D eigenvalue weighted by molar-refractivity contribution is 6.36. The number of piperidine rings is 1. The second-order valence-corrected chi connectivity index (χ2v) is 9.37. The monoisotopic (exact) mass is 461 g/mol. The van der Waals surface area contributed by atoms with E-state index in [9.17, 15) is 9.59 Å². The smallest absolute Gasteiger partial charge is 0.278 e. The first-order valence-corrected chi connectivity index (χ1v) is 12.3. The van der Waals surface area contributed by atoms with Gasteiger partial charge in [-0.1, -0.05) is 29.8 Å². The number of hydrogen-bond acceptors (Lipinski definition) is 5. The van der Waals surface area contributed by atoms with Gasteiger partial charge in [0.25, 0.3) is 11.8 Å². The van der Waals surface area contributed by atoms with Crippen molar-refractivity contribution in [3.05, 3.63) is 65.4 Å². The maximum Gasteiger partial charge on any atom is 0.278 e. The van der Waals surface area contributed by atoms with Gasteiger partial charge in [0, 0.05) is 37.6 Å². The summed E-state index contributed by atoms with van der Waals surface area (Å²) in [5.41, 5.74) is 4.60. The summed E-state index contributed by atoms with van der Waals surface area (Å²) in [6.45, 7) is 8.96. The van der Waals surface area contributed by atoms with Crippen LogP contribution in [0.2, 0.25) is 0 Å². The van der Waals surface area contributed by atoms with Gasteiger partial charge in [0.05, 0.1) is 11.7 Å². The number of amides is 2. The van der Waals surface area contributed by atoms with E-state index in [1.807, 2.05) is 57.2 Å². The number of aryl methyl sites for hydroxylation is 1. The molecule has 0 atom stereocenters. The normalized spacial score (nSPS) is 16.7. The average Bonchev–Trinajstić information content (AvgIpc) is 3.07. The summed E-state index contributed by atoms with van der Waals surface area (Å²) >= 11 is 0. The van der Waals surface area contributed by atoms with Crippen molar-refractivity contribution in [3.8, 4) is 0 Å². The van der Waals surface area contributed by atoms with Gasteiger partial charge in [-0.2, -0.15) is 0 Å². The van der Waals surface area contributed by atoms with Gasteiger partial charge in [0.1, 0.15) is 5.70 Å². The van der Waals surface area contributed by atoms with Gasteiger partial charge < -0.3 is 15.0 Å². The third kappa shape index (κ3) is 5.50. The molecule has 2 aliphatic heterocycles. The van der Waals surface area contributed by atoms with Crippen molar-refractivity contribution in [1.29, 1.82) is 0 Å². The van der Waals surface area contributed by atoms with Crippen molar-refractivity contribution < 1.29 is 14.3 Å². The number of imide groups is 1. The maximum absolute atomic E-state index is 13.4. The molecule has 34 heavy (non-hydrogen) atoms. The Kier molecular flexibility index (Phi) is 7.68. The lowest BCUT2D eigenvalue weighted by Crippen LogP contribution is -2.34. The Morgan fingerprint density at radius 2 is 1.59 bits per heavy atom. The second kappa shape index (κ2) is 10.9. The number of nitrogens with zero attached hydrogens (tertiary/aromatic N) is 2. The van der Waals surface area contributed by atoms with Gasteiger partial charge in [-0.05, 0) is 76.3 Å². The minimum atomic E-state index is -0.287. The van der Waals surface area contributed by atoms with Crippen molar-refractivity contribution >= 4 is 28.8 Å². The van der Waals surface area contributed by atoms with E-state index in [1.165, 1.54) is 29.8 Å². The Morgan fingerprint density at radius 3 is 2.24 bits per heavy atom. The SMILES string of the molecule is Cc1ccc(C2=C(Nc3ccc(N4CCCCC4)cc3)C(=O)N(CCCOC(C)C)C2=O)cc1. The molecule has 1 saturated heterocycles. The van der Waals surface area contributed by atoms with Crippen LogP contribution in [0.5, 0.6) is 0 Å². The minimum Gasteiger partial charge on any atom is -0.379 e. The molecule has 0 aromatic heterocycles. The molecule has 0 bridgehead atoms. The summed E-state index contributed by atoms with van der Waals surface area (Å²) in [5, 5.41) is 3.27. The van der Waals surface area contributed by atoms with Gasteiger partial charge in [-0.3, -0.25) is 14.5 Å². The van der Waals surface area contributed by atoms with E-state index in [2.05, 4.69) is 22.3 Å². The summed E-state index contributed by atoms with van der Waals surface area (Å²) < 4.78 is 5.60. The van der Waals surface area contributed by atoms with Crippen molar-refractivity contribution in [3.63, 3.8) is 0 Å². The van der Waals surface area contributed by atoms with E-state index in [0.717, 1.165) is 29.9 Å². The number of ether oxygens (including phenoxy) is 1. The van der Waals surface area contributed by atoms with Crippen LogP contribution in [0.3, 0.4) is 0 Å². The minimum absolute atomic E-state index is 0.122. The number of nitrogens with one attached hydrogen (secondary N) is 1. The molecule has 0 radical (unpaired) electrons. The van der Waals surface area contributed by atoms with Crippen LogP contribution < -0.4 is 10.2 Å². The first-order chi connectivity index (χ1) is 16.4. The van der Waals surface area contributed by atoms with E-state index < -0.39 is 0 Å². The van der Waals surface area contributed by atoms with Crippen molar-refractivity contribution in [1.82, 2.24) is 4.90 Å². The van der Waals surface area contributed by atoms with Crippen molar-refractivity contribution in [2.45, 2.75) is 52.6 Å². The number of rotatable bonds is 9. The van der Waals surface area contributed by atoms with Crippen LogP contribution >= 0.6 is 0 Å². The van der Waals surface area contributed by atoms with Gasteiger partial charge in [0.15, 0.2) is 0 Å². The quantitative estimate of drug-likeness (QED) is 0.421. The number of benzene rings is 2. The molecule has 1 fully saturated rings. The topological polar surface area (TPSA) is 61.9 Å². The Labute approximate surface area is 202 Å². The molecule has 2 amide bonds. The highest BCUT2D eigenvalue weighted by Gasteiger charge is 2.38. The summed E-state index contributed by atoms with van der Waals surface area (Å²) in [5.74, 6) is -0.545. The van der Waals surface area contributed by atoms with E-state index in [1.54, 1.807) is 0 Å². The summed E-state index contributed by atoms with van der Waals surface area (Å²) in [6.07, 6.45) is 4.47. The van der Waals surface area contributed by atoms with Crippen LogP contribution in [0, 0.1) is 6.92 Å². The van der Waals surface area contributed by atoms with Gasteiger partial charge in [-0.15, -0.1) is 0 Å². The Hall–Kier alpha value is -3.12. The van der Waals surface area contributed by atoms with E-state index >= 15 is 0 Å². The highest BCUT2D eigenvalue weighted by Crippen LogP contribution is 2.31. The standard InChI is InChI=1S/C28H35N3O3/c1-20(2)34-19-7-18-31-27(32)25(22-10-8-21(3)9-11-22)26(28(31)33)29-23-12-14-24(15-13-23)30-16-5-4-6-17-30/h8-15,20,29H,4-7,16-19H2,1-3H3. The van der Waals surface area contributed by atoms with Crippen LogP contribution in [0.25, 0.3) is 5.57 Å². The molecule has 0 saturated carbocycles. The molecular weight excluding hydrogens is 426 g/mol. The zero-order valence-corrected chi connectivity index (χ0v) is 20.5. The lowest BCUT2D eigenvalue weighted by atomic mass is 10.0. The fourth-order valence-electron chi connectivity index (χ4n) is 4.48. The van der Waals surface area contributed by atoms with Gasteiger partial charge in [-0.25, -0.2) is 0 Å². The number of carbonyl (C=O) groups is 2. The van der Waals surface area contributed by atoms with Gasteiger partial charge >= 0.3 is 0 Å². The summed E-state index contributed by atoms with van der Waals surface area (Å²) in [7, 11) is 0. The first kappa shape index (κ1) is 24.0. The summed E-state index contributed by atoms with van der Waals surface area (Å²) in [6, 6.07) is 15.9. The predicted octanol–water partition coefficient (Wildman–Crippen LogP) is 4.99. The molecule has 6 nitrogen and oxygen atoms in total. The zero-order chi connectivity index (χ0) is 24.1. The van der Waals surface area contributed by atoms with Crippen LogP contribution in [0.1, 0.15) is 50.7 Å². The van der Waals surface area contributed by atoms with Crippen LogP contribution in [0.15, 0.2) is 54.2 Å². The number of anilines is 2. The van der Waals surface area contributed by atoms with E-state index in [0.29, 0.717) is 30.8 Å². The Morgan fingerprint density at radius 1 is 0.912 bits per heavy atom. The second-order valence-electron chi connectivity index (χ2n) is 9.37. The third-order valence-electron chi connectivity index (χ3n) is 6.34. The van der Waals surface area contributed by atoms with Gasteiger partial charge in [0.2, 0.25) is 0 Å². The zero-order valence-electron chi connectivity index (χ0n) is 20.5. The highest BCUT2D eigenvalue weighted by atomic mass is 16.5. The van der Waals surface area contributed by atoms with E-state index in [-0.39, 0.29) is 17.9 Å². The fourth-order valence-corrected chi connectivity index (χ4v) is 4.48. The number of hydrogen-bond donors (Lipinski definition) is 1. The van der Waals surface area contributed by atoms with Crippen LogP contribution in [0.4, 0.5) is 11.4 Å². The molecular formula is C28H35N3O3. The van der Waals surface area contributed by atoms with Crippen LogP contribution in [-0.2, 0) is 14.3 Å². The molecule has 4 rings (SSSR count). The number of carbonyl (C=O) groups excluding carboxylic acids is 2. The Balaban J connectivity index is 1.56. The van der Waals surface area contributed by atoms with Crippen LogP contribution in [-0.4, -0.2) is 49.1 Å². The fraction of sp³-hybridized carbons (Fsp3) is 0.429. The Bertz CT molecular complexity index is 1040.